The molecule has 116 valence electrons. The van der Waals surface area contributed by atoms with E-state index in [0.29, 0.717) is 28.9 Å². The van der Waals surface area contributed by atoms with Crippen LogP contribution in [0.1, 0.15) is 55.8 Å². The van der Waals surface area contributed by atoms with Gasteiger partial charge in [0.2, 0.25) is 0 Å². The maximum Gasteiger partial charge on any atom is 0.338 e. The molecule has 1 fully saturated rings. The first-order valence-corrected chi connectivity index (χ1v) is 8.02. The zero-order valence-corrected chi connectivity index (χ0v) is 13.2. The van der Waals surface area contributed by atoms with Gasteiger partial charge in [0.05, 0.1) is 28.6 Å². The van der Waals surface area contributed by atoms with E-state index >= 15 is 0 Å². The Balaban J connectivity index is 2.10. The van der Waals surface area contributed by atoms with Crippen molar-refractivity contribution in [2.75, 3.05) is 17.7 Å². The van der Waals surface area contributed by atoms with E-state index in [2.05, 4.69) is 5.32 Å². The molecule has 0 unspecified atom stereocenters. The van der Waals surface area contributed by atoms with Crippen molar-refractivity contribution in [3.05, 3.63) is 22.7 Å². The Hall–Kier alpha value is -1.42. The maximum atomic E-state index is 11.9. The molecule has 1 saturated carbocycles. The molecule has 0 aliphatic heterocycles. The van der Waals surface area contributed by atoms with Crippen LogP contribution in [0.4, 0.5) is 11.4 Å². The number of hydrogen-bond donors (Lipinski definition) is 2. The molecule has 2 rings (SSSR count). The fraction of sp³-hybridized carbons (Fsp3) is 0.562. The van der Waals surface area contributed by atoms with Gasteiger partial charge in [0.1, 0.15) is 0 Å². The Labute approximate surface area is 131 Å². The van der Waals surface area contributed by atoms with E-state index in [4.69, 9.17) is 22.1 Å². The molecule has 0 spiro atoms. The lowest BCUT2D eigenvalue weighted by atomic mass is 9.95. The van der Waals surface area contributed by atoms with Crippen LogP contribution in [-0.2, 0) is 4.74 Å². The summed E-state index contributed by atoms with van der Waals surface area (Å²) in [6.45, 7) is 2.35. The van der Waals surface area contributed by atoms with E-state index in [9.17, 15) is 4.79 Å². The van der Waals surface area contributed by atoms with E-state index in [-0.39, 0.29) is 5.97 Å². The molecule has 0 heterocycles. The number of hydrogen-bond acceptors (Lipinski definition) is 4. The van der Waals surface area contributed by atoms with Crippen LogP contribution in [0.15, 0.2) is 12.1 Å². The lowest BCUT2D eigenvalue weighted by Gasteiger charge is -2.25. The van der Waals surface area contributed by atoms with Crippen LogP contribution < -0.4 is 11.1 Å². The average Bonchev–Trinajstić information content (AvgIpc) is 2.49. The highest BCUT2D eigenvalue weighted by Crippen LogP contribution is 2.33. The quantitative estimate of drug-likeness (QED) is 0.631. The van der Waals surface area contributed by atoms with Crippen molar-refractivity contribution < 1.29 is 9.53 Å². The van der Waals surface area contributed by atoms with E-state index in [1.807, 2.05) is 6.92 Å². The Morgan fingerprint density at radius 2 is 2.10 bits per heavy atom. The molecule has 3 N–H and O–H groups in total. The second-order valence-corrected chi connectivity index (χ2v) is 5.94. The van der Waals surface area contributed by atoms with Crippen LogP contribution in [0.3, 0.4) is 0 Å². The highest BCUT2D eigenvalue weighted by Gasteiger charge is 2.18. The van der Waals surface area contributed by atoms with Gasteiger partial charge < -0.3 is 15.8 Å². The van der Waals surface area contributed by atoms with Crippen LogP contribution in [0.5, 0.6) is 0 Å². The Bertz CT molecular complexity index is 476. The summed E-state index contributed by atoms with van der Waals surface area (Å²) >= 11 is 6.28. The zero-order chi connectivity index (χ0) is 15.2. The van der Waals surface area contributed by atoms with Gasteiger partial charge >= 0.3 is 5.97 Å². The van der Waals surface area contributed by atoms with Gasteiger partial charge in [-0.1, -0.05) is 37.8 Å². The molecular formula is C16H23ClN2O2. The molecule has 0 atom stereocenters. The SMILES string of the molecule is CCCOC(=O)c1cc(N)c(NC2CCCCC2)c(Cl)c1. The van der Waals surface area contributed by atoms with Crippen LogP contribution >= 0.6 is 11.6 Å². The number of nitrogen functional groups attached to an aromatic ring is 1. The molecule has 1 aliphatic carbocycles. The van der Waals surface area contributed by atoms with Crippen LogP contribution in [0.2, 0.25) is 5.02 Å². The molecule has 0 amide bonds. The minimum atomic E-state index is -0.380. The van der Waals surface area contributed by atoms with Gasteiger partial charge in [-0.3, -0.25) is 0 Å². The van der Waals surface area contributed by atoms with Crippen LogP contribution in [-0.4, -0.2) is 18.6 Å². The van der Waals surface area contributed by atoms with Crippen molar-refractivity contribution in [1.82, 2.24) is 0 Å². The van der Waals surface area contributed by atoms with Gasteiger partial charge in [-0.15, -0.1) is 0 Å². The van der Waals surface area contributed by atoms with Gasteiger partial charge in [-0.05, 0) is 31.4 Å². The Kier molecular flexibility index (Phi) is 5.74. The number of benzene rings is 1. The number of nitrogens with two attached hydrogens (primary N) is 1. The summed E-state index contributed by atoms with van der Waals surface area (Å²) in [5, 5.41) is 3.89. The minimum absolute atomic E-state index is 0.380. The summed E-state index contributed by atoms with van der Waals surface area (Å²) in [4.78, 5) is 11.9. The van der Waals surface area contributed by atoms with Gasteiger partial charge in [0, 0.05) is 6.04 Å². The van der Waals surface area contributed by atoms with Gasteiger partial charge in [0.15, 0.2) is 0 Å². The molecule has 1 aliphatic rings. The number of anilines is 2. The van der Waals surface area contributed by atoms with Crippen molar-refractivity contribution in [3.8, 4) is 0 Å². The predicted octanol–water partition coefficient (Wildman–Crippen LogP) is 4.23. The Morgan fingerprint density at radius 3 is 2.71 bits per heavy atom. The summed E-state index contributed by atoms with van der Waals surface area (Å²) in [5.41, 5.74) is 7.68. The van der Waals surface area contributed by atoms with Crippen molar-refractivity contribution in [2.24, 2.45) is 0 Å². The van der Waals surface area contributed by atoms with Gasteiger partial charge in [-0.2, -0.15) is 0 Å². The van der Waals surface area contributed by atoms with Crippen molar-refractivity contribution in [1.29, 1.82) is 0 Å². The molecular weight excluding hydrogens is 288 g/mol. The lowest BCUT2D eigenvalue weighted by molar-refractivity contribution is 0.0505. The normalized spacial score (nSPS) is 15.7. The Morgan fingerprint density at radius 1 is 1.38 bits per heavy atom. The fourth-order valence-electron chi connectivity index (χ4n) is 2.63. The number of nitrogens with one attached hydrogen (secondary N) is 1. The first-order valence-electron chi connectivity index (χ1n) is 7.64. The van der Waals surface area contributed by atoms with Crippen molar-refractivity contribution in [3.63, 3.8) is 0 Å². The number of halogens is 1. The highest BCUT2D eigenvalue weighted by molar-refractivity contribution is 6.34. The molecule has 21 heavy (non-hydrogen) atoms. The highest BCUT2D eigenvalue weighted by atomic mass is 35.5. The topological polar surface area (TPSA) is 64.3 Å². The van der Waals surface area contributed by atoms with E-state index in [1.165, 1.54) is 19.3 Å². The number of rotatable bonds is 5. The standard InChI is InChI=1S/C16H23ClN2O2/c1-2-8-21-16(20)11-9-13(17)15(14(18)10-11)19-12-6-4-3-5-7-12/h9-10,12,19H,2-8,18H2,1H3. The minimum Gasteiger partial charge on any atom is -0.462 e. The molecule has 1 aromatic carbocycles. The zero-order valence-electron chi connectivity index (χ0n) is 12.5. The molecule has 1 aromatic rings. The molecule has 4 nitrogen and oxygen atoms in total. The number of ether oxygens (including phenoxy) is 1. The fourth-order valence-corrected chi connectivity index (χ4v) is 2.91. The number of carbonyl (C=O) groups is 1. The third kappa shape index (κ3) is 4.27. The summed E-state index contributed by atoms with van der Waals surface area (Å²) in [6.07, 6.45) is 6.82. The second kappa shape index (κ2) is 7.55. The lowest BCUT2D eigenvalue weighted by Crippen LogP contribution is -2.23. The molecule has 0 bridgehead atoms. The predicted molar refractivity (Wildman–Crippen MR) is 86.9 cm³/mol. The summed E-state index contributed by atoms with van der Waals surface area (Å²) in [5.74, 6) is -0.380. The molecule has 5 heteroatoms. The monoisotopic (exact) mass is 310 g/mol. The van der Waals surface area contributed by atoms with Crippen LogP contribution in [0.25, 0.3) is 0 Å². The molecule has 0 radical (unpaired) electrons. The largest absolute Gasteiger partial charge is 0.462 e. The number of carbonyl (C=O) groups excluding carboxylic acids is 1. The van der Waals surface area contributed by atoms with Crippen LogP contribution in [0, 0.1) is 0 Å². The molecule has 0 saturated heterocycles. The van der Waals surface area contributed by atoms with E-state index in [0.717, 1.165) is 24.9 Å². The van der Waals surface area contributed by atoms with Gasteiger partial charge in [0.25, 0.3) is 0 Å². The first kappa shape index (κ1) is 16.0. The van der Waals surface area contributed by atoms with Crippen molar-refractivity contribution >= 4 is 28.9 Å². The summed E-state index contributed by atoms with van der Waals surface area (Å²) in [6, 6.07) is 3.67. The van der Waals surface area contributed by atoms with E-state index in [1.54, 1.807) is 12.1 Å². The third-order valence-corrected chi connectivity index (χ3v) is 4.05. The van der Waals surface area contributed by atoms with Gasteiger partial charge in [-0.25, -0.2) is 4.79 Å². The summed E-state index contributed by atoms with van der Waals surface area (Å²) < 4.78 is 5.10. The maximum absolute atomic E-state index is 11.9. The summed E-state index contributed by atoms with van der Waals surface area (Å²) in [7, 11) is 0. The first-order chi connectivity index (χ1) is 10.1. The molecule has 0 aromatic heterocycles. The second-order valence-electron chi connectivity index (χ2n) is 5.54. The van der Waals surface area contributed by atoms with Crippen molar-refractivity contribution in [2.45, 2.75) is 51.5 Å². The average molecular weight is 311 g/mol. The number of esters is 1. The third-order valence-electron chi connectivity index (χ3n) is 3.75. The smallest absolute Gasteiger partial charge is 0.338 e. The van der Waals surface area contributed by atoms with E-state index < -0.39 is 0 Å².